The molecule has 0 N–H and O–H groups in total. The summed E-state index contributed by atoms with van der Waals surface area (Å²) in [7, 11) is 1.54. The highest BCUT2D eigenvalue weighted by atomic mass is 16.6. The Morgan fingerprint density at radius 3 is 2.52 bits per heavy atom. The standard InChI is InChI=1S/C19H24O6/c1-12-17(18(21)23-9-8-22-5)14-10-13(6-7-15(14)25-12)24-11-16(20)19(2,3)4/h6-7,10H,8-9,11H2,1-5H3. The zero-order valence-corrected chi connectivity index (χ0v) is 15.3. The van der Waals surface area contributed by atoms with Gasteiger partial charge in [0.05, 0.1) is 6.61 Å². The molecule has 0 fully saturated rings. The monoisotopic (exact) mass is 348 g/mol. The van der Waals surface area contributed by atoms with Gasteiger partial charge in [0, 0.05) is 17.9 Å². The summed E-state index contributed by atoms with van der Waals surface area (Å²) in [5, 5.41) is 0.598. The smallest absolute Gasteiger partial charge is 0.342 e. The third-order valence-electron chi connectivity index (χ3n) is 3.77. The van der Waals surface area contributed by atoms with Crippen molar-refractivity contribution in [1.29, 1.82) is 0 Å². The average Bonchev–Trinajstić information content (AvgIpc) is 2.86. The van der Waals surface area contributed by atoms with Gasteiger partial charge in [-0.2, -0.15) is 0 Å². The van der Waals surface area contributed by atoms with Gasteiger partial charge in [-0.05, 0) is 25.1 Å². The minimum absolute atomic E-state index is 0.00447. The third kappa shape index (κ3) is 4.60. The molecule has 1 heterocycles. The van der Waals surface area contributed by atoms with Crippen LogP contribution in [0, 0.1) is 12.3 Å². The number of hydrogen-bond donors (Lipinski definition) is 0. The molecule has 0 radical (unpaired) electrons. The number of rotatable bonds is 7. The Balaban J connectivity index is 2.22. The molecular weight excluding hydrogens is 324 g/mol. The molecule has 6 nitrogen and oxygen atoms in total. The van der Waals surface area contributed by atoms with Gasteiger partial charge >= 0.3 is 5.97 Å². The summed E-state index contributed by atoms with van der Waals surface area (Å²) < 4.78 is 21.2. The molecule has 0 spiro atoms. The van der Waals surface area contributed by atoms with E-state index in [1.54, 1.807) is 25.1 Å². The van der Waals surface area contributed by atoms with Gasteiger partial charge in [0.25, 0.3) is 0 Å². The van der Waals surface area contributed by atoms with Gasteiger partial charge in [0.2, 0.25) is 0 Å². The van der Waals surface area contributed by atoms with E-state index in [0.29, 0.717) is 34.6 Å². The maximum atomic E-state index is 12.3. The molecular formula is C19H24O6. The number of ether oxygens (including phenoxy) is 3. The van der Waals surface area contributed by atoms with Gasteiger partial charge in [-0.15, -0.1) is 0 Å². The van der Waals surface area contributed by atoms with Gasteiger partial charge in [0.15, 0.2) is 5.78 Å². The van der Waals surface area contributed by atoms with Crippen molar-refractivity contribution in [2.75, 3.05) is 26.9 Å². The Morgan fingerprint density at radius 2 is 1.88 bits per heavy atom. The average molecular weight is 348 g/mol. The number of Topliss-reactive ketones (excluding diaryl/α,β-unsaturated/α-hetero) is 1. The Kier molecular flexibility index (Phi) is 5.85. The number of aryl methyl sites for hydroxylation is 1. The largest absolute Gasteiger partial charge is 0.486 e. The van der Waals surface area contributed by atoms with Gasteiger partial charge < -0.3 is 18.6 Å². The van der Waals surface area contributed by atoms with E-state index in [1.165, 1.54) is 7.11 Å². The van der Waals surface area contributed by atoms with Crippen LogP contribution in [0.25, 0.3) is 11.0 Å². The lowest BCUT2D eigenvalue weighted by Gasteiger charge is -2.16. The number of methoxy groups -OCH3 is 1. The molecule has 2 aromatic rings. The zero-order chi connectivity index (χ0) is 18.6. The number of carbonyl (C=O) groups is 2. The molecule has 0 aliphatic rings. The summed E-state index contributed by atoms with van der Waals surface area (Å²) in [5.74, 6) is 0.489. The molecule has 0 bridgehead atoms. The molecule has 6 heteroatoms. The van der Waals surface area contributed by atoms with E-state index < -0.39 is 11.4 Å². The minimum atomic E-state index is -0.476. The second-order valence-corrected chi connectivity index (χ2v) is 6.78. The quantitative estimate of drug-likeness (QED) is 0.563. The van der Waals surface area contributed by atoms with Crippen molar-refractivity contribution in [3.05, 3.63) is 29.5 Å². The summed E-state index contributed by atoms with van der Waals surface area (Å²) >= 11 is 0. The first kappa shape index (κ1) is 19.0. The van der Waals surface area contributed by atoms with Crippen molar-refractivity contribution in [2.45, 2.75) is 27.7 Å². The third-order valence-corrected chi connectivity index (χ3v) is 3.77. The lowest BCUT2D eigenvalue weighted by molar-refractivity contribution is -0.128. The molecule has 0 saturated heterocycles. The van der Waals surface area contributed by atoms with Crippen molar-refractivity contribution < 1.29 is 28.2 Å². The SMILES string of the molecule is COCCOC(=O)c1c(C)oc2ccc(OCC(=O)C(C)(C)C)cc12. The summed E-state index contributed by atoms with van der Waals surface area (Å²) in [4.78, 5) is 24.3. The summed E-state index contributed by atoms with van der Waals surface area (Å²) in [6.07, 6.45) is 0. The zero-order valence-electron chi connectivity index (χ0n) is 15.3. The van der Waals surface area contributed by atoms with Crippen LogP contribution >= 0.6 is 0 Å². The topological polar surface area (TPSA) is 75.0 Å². The molecule has 0 unspecified atom stereocenters. The summed E-state index contributed by atoms with van der Waals surface area (Å²) in [6.45, 7) is 7.69. The minimum Gasteiger partial charge on any atom is -0.486 e. The van der Waals surface area contributed by atoms with Crippen molar-refractivity contribution >= 4 is 22.7 Å². The van der Waals surface area contributed by atoms with Crippen LogP contribution in [0.15, 0.2) is 22.6 Å². The number of fused-ring (bicyclic) bond motifs is 1. The second kappa shape index (κ2) is 7.70. The van der Waals surface area contributed by atoms with E-state index >= 15 is 0 Å². The Labute approximate surface area is 147 Å². The molecule has 0 aliphatic heterocycles. The van der Waals surface area contributed by atoms with Crippen LogP contribution in [-0.4, -0.2) is 38.7 Å². The fraction of sp³-hybridized carbons (Fsp3) is 0.474. The summed E-state index contributed by atoms with van der Waals surface area (Å²) in [6, 6.07) is 5.11. The molecule has 0 amide bonds. The van der Waals surface area contributed by atoms with Crippen molar-refractivity contribution in [3.63, 3.8) is 0 Å². The fourth-order valence-electron chi connectivity index (χ4n) is 2.20. The Bertz CT molecular complexity index is 766. The Morgan fingerprint density at radius 1 is 1.16 bits per heavy atom. The lowest BCUT2D eigenvalue weighted by atomic mass is 9.91. The van der Waals surface area contributed by atoms with Crippen LogP contribution in [0.1, 0.15) is 36.9 Å². The van der Waals surface area contributed by atoms with E-state index in [2.05, 4.69) is 0 Å². The molecule has 0 atom stereocenters. The maximum absolute atomic E-state index is 12.3. The number of ketones is 1. The van der Waals surface area contributed by atoms with Crippen LogP contribution < -0.4 is 4.74 Å². The molecule has 0 saturated carbocycles. The second-order valence-electron chi connectivity index (χ2n) is 6.78. The lowest BCUT2D eigenvalue weighted by Crippen LogP contribution is -2.26. The van der Waals surface area contributed by atoms with Crippen LogP contribution in [0.4, 0.5) is 0 Å². The molecule has 1 aromatic heterocycles. The van der Waals surface area contributed by atoms with Gasteiger partial charge in [-0.3, -0.25) is 4.79 Å². The highest BCUT2D eigenvalue weighted by molar-refractivity contribution is 6.04. The highest BCUT2D eigenvalue weighted by Crippen LogP contribution is 2.30. The van der Waals surface area contributed by atoms with Gasteiger partial charge in [-0.25, -0.2) is 4.79 Å². The fourth-order valence-corrected chi connectivity index (χ4v) is 2.20. The number of hydrogen-bond acceptors (Lipinski definition) is 6. The molecule has 136 valence electrons. The van der Waals surface area contributed by atoms with Crippen LogP contribution in [-0.2, 0) is 14.3 Å². The van der Waals surface area contributed by atoms with Crippen LogP contribution in [0.3, 0.4) is 0 Å². The maximum Gasteiger partial charge on any atom is 0.342 e. The van der Waals surface area contributed by atoms with Gasteiger partial charge in [-0.1, -0.05) is 20.8 Å². The van der Waals surface area contributed by atoms with E-state index in [1.807, 2.05) is 20.8 Å². The number of furan rings is 1. The first-order valence-electron chi connectivity index (χ1n) is 8.09. The molecule has 25 heavy (non-hydrogen) atoms. The van der Waals surface area contributed by atoms with E-state index in [-0.39, 0.29) is 19.0 Å². The van der Waals surface area contributed by atoms with Crippen molar-refractivity contribution in [2.24, 2.45) is 5.41 Å². The summed E-state index contributed by atoms with van der Waals surface area (Å²) in [5.41, 5.74) is 0.455. The molecule has 1 aromatic carbocycles. The number of esters is 1. The Hall–Kier alpha value is -2.34. The normalized spacial score (nSPS) is 11.6. The van der Waals surface area contributed by atoms with Gasteiger partial charge in [0.1, 0.15) is 35.9 Å². The van der Waals surface area contributed by atoms with E-state index in [9.17, 15) is 9.59 Å². The van der Waals surface area contributed by atoms with Crippen LogP contribution in [0.5, 0.6) is 5.75 Å². The molecule has 2 rings (SSSR count). The number of benzene rings is 1. The van der Waals surface area contributed by atoms with E-state index in [4.69, 9.17) is 18.6 Å². The first-order chi connectivity index (χ1) is 11.7. The predicted octanol–water partition coefficient (Wildman–Crippen LogP) is 3.54. The van der Waals surface area contributed by atoms with E-state index in [0.717, 1.165) is 0 Å². The predicted molar refractivity (Wildman–Crippen MR) is 93.1 cm³/mol. The number of carbonyl (C=O) groups excluding carboxylic acids is 2. The molecule has 0 aliphatic carbocycles. The first-order valence-corrected chi connectivity index (χ1v) is 8.09. The van der Waals surface area contributed by atoms with Crippen LogP contribution in [0.2, 0.25) is 0 Å². The highest BCUT2D eigenvalue weighted by Gasteiger charge is 2.23. The van der Waals surface area contributed by atoms with Crippen molar-refractivity contribution in [1.82, 2.24) is 0 Å². The van der Waals surface area contributed by atoms with Crippen molar-refractivity contribution in [3.8, 4) is 5.75 Å².